The molecule has 0 radical (unpaired) electrons. The SMILES string of the molecule is CCCCCCCCCCCCCCCCCC(=O)NCCC[N+](C)(CCCCO)CCCNC(=O)CCCCCCCCCCCCCCCCC. The molecule has 0 unspecified atom stereocenters. The van der Waals surface area contributed by atoms with Crippen molar-refractivity contribution in [3.63, 3.8) is 0 Å². The van der Waals surface area contributed by atoms with Crippen molar-refractivity contribution in [2.24, 2.45) is 0 Å². The van der Waals surface area contributed by atoms with Crippen molar-refractivity contribution in [3.05, 3.63) is 0 Å². The molecule has 0 rings (SSSR count). The average molecular weight is 751 g/mol. The van der Waals surface area contributed by atoms with Crippen LogP contribution in [0.2, 0.25) is 0 Å². The fourth-order valence-corrected chi connectivity index (χ4v) is 7.81. The maximum absolute atomic E-state index is 12.4. The minimum Gasteiger partial charge on any atom is -0.396 e. The van der Waals surface area contributed by atoms with Gasteiger partial charge in [-0.3, -0.25) is 9.59 Å². The lowest BCUT2D eigenvalue weighted by molar-refractivity contribution is -0.910. The Hall–Kier alpha value is -1.14. The zero-order valence-corrected chi connectivity index (χ0v) is 36.4. The van der Waals surface area contributed by atoms with Crippen molar-refractivity contribution in [1.29, 1.82) is 0 Å². The van der Waals surface area contributed by atoms with Crippen LogP contribution in [0.4, 0.5) is 0 Å². The van der Waals surface area contributed by atoms with Crippen molar-refractivity contribution in [2.45, 2.75) is 245 Å². The number of rotatable bonds is 44. The molecular formula is C47H96N3O3+. The van der Waals surface area contributed by atoms with Gasteiger partial charge in [0.05, 0.1) is 26.7 Å². The first-order valence-electron chi connectivity index (χ1n) is 23.9. The van der Waals surface area contributed by atoms with Crippen LogP contribution in [0.15, 0.2) is 0 Å². The second kappa shape index (κ2) is 42.0. The predicted molar refractivity (Wildman–Crippen MR) is 231 cm³/mol. The predicted octanol–water partition coefficient (Wildman–Crippen LogP) is 12.7. The molecule has 2 amide bonds. The Labute approximate surface area is 332 Å². The van der Waals surface area contributed by atoms with Crippen LogP contribution >= 0.6 is 0 Å². The topological polar surface area (TPSA) is 78.4 Å². The van der Waals surface area contributed by atoms with Crippen LogP contribution < -0.4 is 10.6 Å². The molecule has 0 aromatic heterocycles. The number of amides is 2. The maximum Gasteiger partial charge on any atom is 0.219 e. The minimum absolute atomic E-state index is 0.200. The minimum atomic E-state index is 0.200. The average Bonchev–Trinajstić information content (AvgIpc) is 3.15. The molecule has 0 aliphatic carbocycles. The molecule has 53 heavy (non-hydrogen) atoms. The van der Waals surface area contributed by atoms with Crippen LogP contribution in [0.3, 0.4) is 0 Å². The van der Waals surface area contributed by atoms with E-state index in [1.165, 1.54) is 180 Å². The summed E-state index contributed by atoms with van der Waals surface area (Å²) >= 11 is 0. The van der Waals surface area contributed by atoms with Gasteiger partial charge in [-0.25, -0.2) is 0 Å². The van der Waals surface area contributed by atoms with Gasteiger partial charge in [-0.15, -0.1) is 0 Å². The lowest BCUT2D eigenvalue weighted by Gasteiger charge is -2.35. The number of hydrogen-bond donors (Lipinski definition) is 3. The normalized spacial score (nSPS) is 11.7. The summed E-state index contributed by atoms with van der Waals surface area (Å²) in [7, 11) is 2.30. The third-order valence-corrected chi connectivity index (χ3v) is 11.5. The van der Waals surface area contributed by atoms with E-state index >= 15 is 0 Å². The third kappa shape index (κ3) is 40.3. The lowest BCUT2D eigenvalue weighted by Crippen LogP contribution is -2.48. The largest absolute Gasteiger partial charge is 0.396 e. The van der Waals surface area contributed by atoms with Crippen LogP contribution in [0.1, 0.15) is 245 Å². The number of unbranched alkanes of at least 4 members (excludes halogenated alkanes) is 29. The van der Waals surface area contributed by atoms with Gasteiger partial charge < -0.3 is 20.2 Å². The van der Waals surface area contributed by atoms with Crippen LogP contribution in [0.5, 0.6) is 0 Å². The quantitative estimate of drug-likeness (QED) is 0.0428. The molecule has 0 saturated carbocycles. The summed E-state index contributed by atoms with van der Waals surface area (Å²) in [4.78, 5) is 24.9. The zero-order valence-electron chi connectivity index (χ0n) is 36.4. The summed E-state index contributed by atoms with van der Waals surface area (Å²) in [5.74, 6) is 0.400. The standard InChI is InChI=1S/C47H95N3O3/c1-4-6-8-10-12-14-16-18-20-22-24-26-28-30-32-38-46(52)48-40-36-43-50(3,42-34-35-45-51)44-37-41-49-47(53)39-33-31-29-27-25-23-21-19-17-15-13-11-9-7-5-2/h51H,4-45H2,1-3H3,(H-,48,49,52,53)/p+1. The second-order valence-corrected chi connectivity index (χ2v) is 17.0. The monoisotopic (exact) mass is 751 g/mol. The van der Waals surface area contributed by atoms with E-state index in [9.17, 15) is 14.7 Å². The smallest absolute Gasteiger partial charge is 0.219 e. The number of aliphatic hydroxyl groups excluding tert-OH is 1. The molecule has 0 aliphatic heterocycles. The molecule has 0 aromatic rings. The number of aliphatic hydroxyl groups is 1. The summed E-state index contributed by atoms with van der Waals surface area (Å²) in [5.41, 5.74) is 0. The van der Waals surface area contributed by atoms with Gasteiger partial charge in [-0.1, -0.05) is 194 Å². The first-order valence-corrected chi connectivity index (χ1v) is 23.9. The second-order valence-electron chi connectivity index (χ2n) is 17.0. The molecule has 316 valence electrons. The van der Waals surface area contributed by atoms with E-state index in [4.69, 9.17) is 0 Å². The molecule has 3 N–H and O–H groups in total. The van der Waals surface area contributed by atoms with E-state index in [0.29, 0.717) is 12.8 Å². The fourth-order valence-electron chi connectivity index (χ4n) is 7.81. The zero-order chi connectivity index (χ0) is 38.8. The molecule has 0 fully saturated rings. The van der Waals surface area contributed by atoms with Crippen molar-refractivity contribution >= 4 is 11.8 Å². The summed E-state index contributed by atoms with van der Waals surface area (Å²) in [6.45, 7) is 9.34. The van der Waals surface area contributed by atoms with E-state index in [0.717, 1.165) is 75.7 Å². The molecule has 0 bridgehead atoms. The van der Waals surface area contributed by atoms with Crippen molar-refractivity contribution < 1.29 is 19.2 Å². The van der Waals surface area contributed by atoms with Gasteiger partial charge in [0.25, 0.3) is 0 Å². The molecule has 0 aliphatic rings. The van der Waals surface area contributed by atoms with Crippen LogP contribution in [0.25, 0.3) is 0 Å². The summed E-state index contributed by atoms with van der Waals surface area (Å²) < 4.78 is 0.934. The van der Waals surface area contributed by atoms with Crippen molar-refractivity contribution in [2.75, 3.05) is 46.4 Å². The van der Waals surface area contributed by atoms with Crippen LogP contribution in [0, 0.1) is 0 Å². The number of nitrogens with one attached hydrogen (secondary N) is 2. The molecular weight excluding hydrogens is 655 g/mol. The number of hydrogen-bond acceptors (Lipinski definition) is 3. The Kier molecular flexibility index (Phi) is 41.1. The number of carbonyl (C=O) groups is 2. The maximum atomic E-state index is 12.4. The molecule has 6 nitrogen and oxygen atoms in total. The van der Waals surface area contributed by atoms with E-state index in [1.54, 1.807) is 0 Å². The highest BCUT2D eigenvalue weighted by Crippen LogP contribution is 2.16. The van der Waals surface area contributed by atoms with Gasteiger partial charge in [0.15, 0.2) is 0 Å². The van der Waals surface area contributed by atoms with Crippen molar-refractivity contribution in [1.82, 2.24) is 10.6 Å². The number of quaternary nitrogens is 1. The summed E-state index contributed by atoms with van der Waals surface area (Å²) in [6, 6.07) is 0. The van der Waals surface area contributed by atoms with Crippen molar-refractivity contribution in [3.8, 4) is 0 Å². The Bertz CT molecular complexity index is 707. The number of carbonyl (C=O) groups excluding carboxylic acids is 2. The Morgan fingerprint density at radius 3 is 0.925 bits per heavy atom. The molecule has 0 spiro atoms. The first kappa shape index (κ1) is 51.9. The van der Waals surface area contributed by atoms with Gasteiger partial charge in [-0.2, -0.15) is 0 Å². The van der Waals surface area contributed by atoms with Gasteiger partial charge >= 0.3 is 0 Å². The van der Waals surface area contributed by atoms with E-state index in [-0.39, 0.29) is 18.4 Å². The summed E-state index contributed by atoms with van der Waals surface area (Å²) in [5, 5.41) is 15.6. The Morgan fingerprint density at radius 2 is 0.642 bits per heavy atom. The van der Waals surface area contributed by atoms with E-state index < -0.39 is 0 Å². The molecule has 0 saturated heterocycles. The van der Waals surface area contributed by atoms with Crippen LogP contribution in [-0.2, 0) is 9.59 Å². The van der Waals surface area contributed by atoms with Gasteiger partial charge in [0.2, 0.25) is 11.8 Å². The van der Waals surface area contributed by atoms with E-state index in [2.05, 4.69) is 31.5 Å². The molecule has 0 aromatic carbocycles. The first-order chi connectivity index (χ1) is 26.0. The highest BCUT2D eigenvalue weighted by Gasteiger charge is 2.20. The summed E-state index contributed by atoms with van der Waals surface area (Å²) in [6.07, 6.45) is 45.4. The van der Waals surface area contributed by atoms with Crippen LogP contribution in [-0.4, -0.2) is 67.8 Å². The molecule has 0 heterocycles. The van der Waals surface area contributed by atoms with Gasteiger partial charge in [0, 0.05) is 45.4 Å². The Morgan fingerprint density at radius 1 is 0.377 bits per heavy atom. The third-order valence-electron chi connectivity index (χ3n) is 11.5. The number of nitrogens with zero attached hydrogens (tertiary/aromatic N) is 1. The van der Waals surface area contributed by atoms with Gasteiger partial charge in [0.1, 0.15) is 0 Å². The fraction of sp³-hybridized carbons (Fsp3) is 0.957. The molecule has 6 heteroatoms. The highest BCUT2D eigenvalue weighted by atomic mass is 16.3. The lowest BCUT2D eigenvalue weighted by atomic mass is 10.0. The van der Waals surface area contributed by atoms with Gasteiger partial charge in [-0.05, 0) is 25.7 Å². The van der Waals surface area contributed by atoms with E-state index in [1.807, 2.05) is 0 Å². The molecule has 0 atom stereocenters. The Balaban J connectivity index is 3.81. The highest BCUT2D eigenvalue weighted by molar-refractivity contribution is 5.76.